The Bertz CT molecular complexity index is 1180. The minimum Gasteiger partial charge on any atom is -0.378 e. The molecule has 0 bridgehead atoms. The molecule has 2 aromatic carbocycles. The van der Waals surface area contributed by atoms with E-state index in [9.17, 15) is 18.3 Å². The fourth-order valence-corrected chi connectivity index (χ4v) is 5.45. The molecule has 0 unspecified atom stereocenters. The number of anilines is 2. The van der Waals surface area contributed by atoms with Gasteiger partial charge in [-0.05, 0) is 42.0 Å². The molecule has 1 aliphatic rings. The molecule has 0 saturated carbocycles. The molecule has 4 rings (SSSR count). The largest absolute Gasteiger partial charge is 0.378 e. The van der Waals surface area contributed by atoms with E-state index in [4.69, 9.17) is 11.6 Å². The van der Waals surface area contributed by atoms with Gasteiger partial charge in [0.25, 0.3) is 15.9 Å². The summed E-state index contributed by atoms with van der Waals surface area (Å²) in [5.41, 5.74) is 1.33. The first-order valence-corrected chi connectivity index (χ1v) is 12.6. The minimum atomic E-state index is -3.70. The number of carbonyl (C=O) groups excluding carboxylic acids is 1. The standard InChI is InChI=1S/C21H21ClN4O4S2/c22-16-3-1-2-15(14-16)19(27)20(28)26-11-9-25(10-12-26)17-4-6-18(7-5-17)32(29,30)24-21-23-8-13-31-21/h1-8,13-14,19,27H,9-12H2,(H,23,24)/t19-/m1/s1. The lowest BCUT2D eigenvalue weighted by Gasteiger charge is -2.37. The number of aromatic nitrogens is 1. The van der Waals surface area contributed by atoms with Gasteiger partial charge in [0, 0.05) is 48.5 Å². The number of sulfonamides is 1. The van der Waals surface area contributed by atoms with E-state index in [2.05, 4.69) is 14.6 Å². The van der Waals surface area contributed by atoms with Crippen LogP contribution in [0.4, 0.5) is 10.8 Å². The number of piperazine rings is 1. The van der Waals surface area contributed by atoms with Crippen LogP contribution in [0, 0.1) is 0 Å². The number of rotatable bonds is 6. The van der Waals surface area contributed by atoms with Crippen molar-refractivity contribution in [1.82, 2.24) is 9.88 Å². The predicted octanol–water partition coefficient (Wildman–Crippen LogP) is 2.98. The number of aliphatic hydroxyl groups excluding tert-OH is 1. The summed E-state index contributed by atoms with van der Waals surface area (Å²) in [7, 11) is -3.70. The third-order valence-corrected chi connectivity index (χ3v) is 7.56. The first-order valence-electron chi connectivity index (χ1n) is 9.83. The number of halogens is 1. The number of amides is 1. The smallest absolute Gasteiger partial charge is 0.263 e. The van der Waals surface area contributed by atoms with E-state index in [1.165, 1.54) is 17.5 Å². The second kappa shape index (κ2) is 9.45. The maximum absolute atomic E-state index is 12.7. The molecule has 1 saturated heterocycles. The van der Waals surface area contributed by atoms with E-state index < -0.39 is 16.1 Å². The van der Waals surface area contributed by atoms with E-state index in [-0.39, 0.29) is 10.8 Å². The fraction of sp³-hybridized carbons (Fsp3) is 0.238. The molecule has 0 spiro atoms. The van der Waals surface area contributed by atoms with Crippen LogP contribution in [0.5, 0.6) is 0 Å². The number of hydrogen-bond donors (Lipinski definition) is 2. The Kier molecular flexibility index (Phi) is 6.66. The summed E-state index contributed by atoms with van der Waals surface area (Å²) in [5.74, 6) is -0.360. The number of nitrogens with zero attached hydrogens (tertiary/aromatic N) is 3. The van der Waals surface area contributed by atoms with Crippen molar-refractivity contribution in [2.45, 2.75) is 11.0 Å². The molecule has 0 radical (unpaired) electrons. The Morgan fingerprint density at radius 3 is 2.47 bits per heavy atom. The summed E-state index contributed by atoms with van der Waals surface area (Å²) in [5, 5.41) is 12.9. The quantitative estimate of drug-likeness (QED) is 0.548. The zero-order valence-electron chi connectivity index (χ0n) is 16.9. The fourth-order valence-electron chi connectivity index (χ4n) is 3.46. The van der Waals surface area contributed by atoms with Crippen molar-refractivity contribution in [2.24, 2.45) is 0 Å². The van der Waals surface area contributed by atoms with Gasteiger partial charge in [-0.2, -0.15) is 0 Å². The van der Waals surface area contributed by atoms with E-state index in [0.29, 0.717) is 41.9 Å². The summed E-state index contributed by atoms with van der Waals surface area (Å²) in [6, 6.07) is 13.2. The maximum Gasteiger partial charge on any atom is 0.263 e. The molecular formula is C21H21ClN4O4S2. The lowest BCUT2D eigenvalue weighted by Crippen LogP contribution is -2.50. The Morgan fingerprint density at radius 2 is 1.84 bits per heavy atom. The van der Waals surface area contributed by atoms with Crippen molar-refractivity contribution in [3.63, 3.8) is 0 Å². The number of aliphatic hydroxyl groups is 1. The maximum atomic E-state index is 12.7. The number of thiazole rings is 1. The minimum absolute atomic E-state index is 0.148. The van der Waals surface area contributed by atoms with Crippen LogP contribution >= 0.6 is 22.9 Å². The molecule has 2 heterocycles. The molecule has 32 heavy (non-hydrogen) atoms. The van der Waals surface area contributed by atoms with E-state index in [1.807, 2.05) is 0 Å². The zero-order chi connectivity index (χ0) is 22.7. The van der Waals surface area contributed by atoms with Crippen molar-refractivity contribution < 1.29 is 18.3 Å². The molecule has 8 nitrogen and oxygen atoms in total. The Hall–Kier alpha value is -2.66. The molecular weight excluding hydrogens is 472 g/mol. The van der Waals surface area contributed by atoms with Crippen LogP contribution < -0.4 is 9.62 Å². The highest BCUT2D eigenvalue weighted by Crippen LogP contribution is 2.24. The van der Waals surface area contributed by atoms with Crippen LogP contribution in [0.15, 0.2) is 65.0 Å². The monoisotopic (exact) mass is 492 g/mol. The lowest BCUT2D eigenvalue weighted by atomic mass is 10.1. The SMILES string of the molecule is O=C([C@H](O)c1cccc(Cl)c1)N1CCN(c2ccc(S(=O)(=O)Nc3nccs3)cc2)CC1. The Morgan fingerprint density at radius 1 is 1.12 bits per heavy atom. The van der Waals surface area contributed by atoms with Gasteiger partial charge in [-0.25, -0.2) is 13.4 Å². The number of carbonyl (C=O) groups is 1. The van der Waals surface area contributed by atoms with Gasteiger partial charge in [0.15, 0.2) is 11.2 Å². The van der Waals surface area contributed by atoms with Gasteiger partial charge < -0.3 is 14.9 Å². The number of benzene rings is 2. The highest BCUT2D eigenvalue weighted by molar-refractivity contribution is 7.93. The molecule has 3 aromatic rings. The molecule has 1 amide bonds. The Labute approximate surface area is 195 Å². The molecule has 1 atom stereocenters. The average Bonchev–Trinajstić information content (AvgIpc) is 3.30. The highest BCUT2D eigenvalue weighted by atomic mass is 35.5. The summed E-state index contributed by atoms with van der Waals surface area (Å²) in [4.78, 5) is 20.5. The van der Waals surface area contributed by atoms with E-state index in [0.717, 1.165) is 5.69 Å². The molecule has 1 aromatic heterocycles. The molecule has 1 fully saturated rings. The summed E-state index contributed by atoms with van der Waals surface area (Å²) in [6.07, 6.45) is 0.277. The number of nitrogens with one attached hydrogen (secondary N) is 1. The van der Waals surface area contributed by atoms with Crippen molar-refractivity contribution >= 4 is 49.7 Å². The van der Waals surface area contributed by atoms with Gasteiger partial charge in [0.1, 0.15) is 0 Å². The van der Waals surface area contributed by atoms with Crippen LogP contribution in [0.2, 0.25) is 5.02 Å². The lowest BCUT2D eigenvalue weighted by molar-refractivity contribution is -0.140. The third kappa shape index (κ3) is 5.04. The first-order chi connectivity index (χ1) is 15.3. The molecule has 2 N–H and O–H groups in total. The summed E-state index contributed by atoms with van der Waals surface area (Å²) >= 11 is 7.16. The molecule has 1 aliphatic heterocycles. The van der Waals surface area contributed by atoms with Gasteiger partial charge in [0.2, 0.25) is 0 Å². The van der Waals surface area contributed by atoms with Crippen LogP contribution in [0.3, 0.4) is 0 Å². The second-order valence-corrected chi connectivity index (χ2v) is 10.2. The second-order valence-electron chi connectivity index (χ2n) is 7.21. The van der Waals surface area contributed by atoms with Crippen molar-refractivity contribution in [3.8, 4) is 0 Å². The first kappa shape index (κ1) is 22.5. The van der Waals surface area contributed by atoms with Crippen molar-refractivity contribution in [1.29, 1.82) is 0 Å². The van der Waals surface area contributed by atoms with Crippen LogP contribution in [-0.2, 0) is 14.8 Å². The van der Waals surface area contributed by atoms with E-state index in [1.54, 1.807) is 58.8 Å². The normalized spacial score (nSPS) is 15.4. The zero-order valence-corrected chi connectivity index (χ0v) is 19.3. The predicted molar refractivity (Wildman–Crippen MR) is 125 cm³/mol. The van der Waals surface area contributed by atoms with Crippen molar-refractivity contribution in [3.05, 3.63) is 70.7 Å². The van der Waals surface area contributed by atoms with Gasteiger partial charge in [-0.15, -0.1) is 11.3 Å². The van der Waals surface area contributed by atoms with Gasteiger partial charge in [0.05, 0.1) is 4.90 Å². The molecule has 168 valence electrons. The number of hydrogen-bond acceptors (Lipinski definition) is 7. The average molecular weight is 493 g/mol. The molecule has 0 aliphatic carbocycles. The third-order valence-electron chi connectivity index (χ3n) is 5.16. The molecule has 11 heteroatoms. The van der Waals surface area contributed by atoms with Gasteiger partial charge in [-0.1, -0.05) is 23.7 Å². The van der Waals surface area contributed by atoms with E-state index >= 15 is 0 Å². The van der Waals surface area contributed by atoms with Crippen molar-refractivity contribution in [2.75, 3.05) is 35.8 Å². The van der Waals surface area contributed by atoms with Gasteiger partial charge >= 0.3 is 0 Å². The topological polar surface area (TPSA) is 103 Å². The summed E-state index contributed by atoms with van der Waals surface area (Å²) < 4.78 is 27.4. The van der Waals surface area contributed by atoms with Crippen LogP contribution in [0.25, 0.3) is 0 Å². The van der Waals surface area contributed by atoms with Crippen LogP contribution in [-0.4, -0.2) is 55.5 Å². The Balaban J connectivity index is 1.36. The summed E-state index contributed by atoms with van der Waals surface area (Å²) in [6.45, 7) is 2.03. The van der Waals surface area contributed by atoms with Gasteiger partial charge in [-0.3, -0.25) is 9.52 Å². The van der Waals surface area contributed by atoms with Crippen LogP contribution in [0.1, 0.15) is 11.7 Å². The highest BCUT2D eigenvalue weighted by Gasteiger charge is 2.27.